The van der Waals surface area contributed by atoms with Gasteiger partial charge in [-0.1, -0.05) is 61.2 Å². The van der Waals surface area contributed by atoms with E-state index in [4.69, 9.17) is 9.72 Å². The van der Waals surface area contributed by atoms with Crippen molar-refractivity contribution in [3.8, 4) is 11.3 Å². The van der Waals surface area contributed by atoms with Gasteiger partial charge in [0.05, 0.1) is 28.5 Å². The van der Waals surface area contributed by atoms with Crippen molar-refractivity contribution >= 4 is 21.9 Å². The van der Waals surface area contributed by atoms with E-state index in [-0.39, 0.29) is 51.8 Å². The summed E-state index contributed by atoms with van der Waals surface area (Å²) < 4.78 is 26.6. The molecule has 8 heteroatoms. The number of hydrogen-bond acceptors (Lipinski definition) is 4. The Labute approximate surface area is 266 Å². The van der Waals surface area contributed by atoms with Crippen LogP contribution in [0.3, 0.4) is 0 Å². The molecule has 40 heavy (non-hydrogen) atoms. The summed E-state index contributed by atoms with van der Waals surface area (Å²) >= 11 is 0. The molecule has 1 atom stereocenters. The Morgan fingerprint density at radius 1 is 1.05 bits per heavy atom. The first-order valence-corrected chi connectivity index (χ1v) is 14.0. The smallest absolute Gasteiger partial charge is 0.0939 e. The van der Waals surface area contributed by atoms with Gasteiger partial charge in [-0.25, -0.2) is 4.68 Å². The molecule has 1 aliphatic heterocycles. The van der Waals surface area contributed by atoms with Gasteiger partial charge in [-0.3, -0.25) is 9.37 Å². The molecule has 5 aromatic rings. The quantitative estimate of drug-likeness (QED) is 0.179. The van der Waals surface area contributed by atoms with Crippen LogP contribution < -0.4 is 0 Å². The fourth-order valence-electron chi connectivity index (χ4n) is 6.59. The molecular formula is C32H33FN5OTh-. The van der Waals surface area contributed by atoms with Crippen molar-refractivity contribution in [3.05, 3.63) is 83.3 Å². The van der Waals surface area contributed by atoms with E-state index in [2.05, 4.69) is 58.2 Å². The van der Waals surface area contributed by atoms with Crippen LogP contribution in [0.2, 0.25) is 0 Å². The van der Waals surface area contributed by atoms with Crippen LogP contribution in [0.5, 0.6) is 0 Å². The number of nitrogens with zero attached hydrogens (tertiary/aromatic N) is 5. The van der Waals surface area contributed by atoms with Crippen molar-refractivity contribution < 1.29 is 49.1 Å². The fourth-order valence-corrected chi connectivity index (χ4v) is 6.59. The predicted octanol–water partition coefficient (Wildman–Crippen LogP) is 6.80. The first-order chi connectivity index (χ1) is 19.0. The topological polar surface area (TPSA) is 57.8 Å². The van der Waals surface area contributed by atoms with Crippen LogP contribution in [0.15, 0.2) is 54.7 Å². The van der Waals surface area contributed by atoms with E-state index >= 15 is 4.39 Å². The van der Waals surface area contributed by atoms with E-state index in [0.29, 0.717) is 17.4 Å². The van der Waals surface area contributed by atoms with E-state index in [0.717, 1.165) is 83.7 Å². The molecule has 0 N–H and O–H groups in total. The molecule has 2 aromatic carbocycles. The molecule has 0 unspecified atom stereocenters. The minimum absolute atomic E-state index is 0. The van der Waals surface area contributed by atoms with Gasteiger partial charge in [0, 0.05) is 88.7 Å². The zero-order chi connectivity index (χ0) is 26.7. The molecule has 0 radical (unpaired) electrons. The number of pyridine rings is 1. The van der Waals surface area contributed by atoms with Crippen molar-refractivity contribution in [2.24, 2.45) is 18.9 Å². The van der Waals surface area contributed by atoms with Crippen molar-refractivity contribution in [2.75, 3.05) is 13.2 Å². The van der Waals surface area contributed by atoms with Gasteiger partial charge in [-0.2, -0.15) is 17.5 Å². The molecule has 0 amide bonds. The Kier molecular flexibility index (Phi) is 7.72. The maximum absolute atomic E-state index is 16.8. The second-order valence-electron chi connectivity index (χ2n) is 11.2. The second kappa shape index (κ2) is 11.1. The Morgan fingerprint density at radius 2 is 1.80 bits per heavy atom. The molecule has 6 nitrogen and oxygen atoms in total. The van der Waals surface area contributed by atoms with Gasteiger partial charge in [0.15, 0.2) is 0 Å². The molecular weight excluding hydrogens is 721 g/mol. The summed E-state index contributed by atoms with van der Waals surface area (Å²) in [5.41, 5.74) is 7.01. The molecule has 7 rings (SSSR count). The number of halogens is 1. The van der Waals surface area contributed by atoms with Crippen LogP contribution in [0.4, 0.5) is 4.39 Å². The molecule has 204 valence electrons. The third-order valence-electron chi connectivity index (χ3n) is 8.75. The van der Waals surface area contributed by atoms with Crippen molar-refractivity contribution in [2.45, 2.75) is 45.6 Å². The van der Waals surface area contributed by atoms with E-state index in [1.807, 2.05) is 32.3 Å². The molecule has 1 saturated heterocycles. The first kappa shape index (κ1) is 27.8. The number of benzene rings is 2. The Morgan fingerprint density at radius 3 is 2.48 bits per heavy atom. The average molecular weight is 755 g/mol. The van der Waals surface area contributed by atoms with Gasteiger partial charge < -0.3 is 9.30 Å². The Balaban J connectivity index is 0.00000289. The molecule has 0 bridgehead atoms. The van der Waals surface area contributed by atoms with Crippen LogP contribution >= 0.6 is 0 Å². The van der Waals surface area contributed by atoms with E-state index in [9.17, 15) is 0 Å². The van der Waals surface area contributed by atoms with E-state index in [1.54, 1.807) is 4.68 Å². The number of rotatable bonds is 6. The summed E-state index contributed by atoms with van der Waals surface area (Å²) in [6.45, 7) is 5.49. The SMILES string of the molecule is Cc1nnn(C)c1-c1cnc2c3ccc([C-](C)C4CC4)c(F)c3n([C@H](c3ccccc3)C3CCOCC3)c2c1.[Th]. The van der Waals surface area contributed by atoms with Gasteiger partial charge in [0.2, 0.25) is 0 Å². The Bertz CT molecular complexity index is 1650. The van der Waals surface area contributed by atoms with Gasteiger partial charge in [-0.15, -0.1) is 11.2 Å². The third kappa shape index (κ3) is 4.67. The number of fused-ring (bicyclic) bond motifs is 3. The summed E-state index contributed by atoms with van der Waals surface area (Å²) in [4.78, 5) is 4.96. The molecule has 2 fully saturated rings. The van der Waals surface area contributed by atoms with Gasteiger partial charge in [0.25, 0.3) is 0 Å². The summed E-state index contributed by atoms with van der Waals surface area (Å²) in [5, 5.41) is 9.34. The van der Waals surface area contributed by atoms with Crippen LogP contribution in [-0.2, 0) is 11.8 Å². The largest absolute Gasteiger partial charge is 0.381 e. The third-order valence-corrected chi connectivity index (χ3v) is 8.75. The molecule has 4 heterocycles. The average Bonchev–Trinajstić information content (AvgIpc) is 3.69. The summed E-state index contributed by atoms with van der Waals surface area (Å²) in [6, 6.07) is 16.7. The monoisotopic (exact) mass is 754 g/mol. The normalized spacial score (nSPS) is 16.8. The molecule has 0 spiro atoms. The standard InChI is InChI=1S/C32H33FN5O.Th/c1-19(21-9-10-21)25-11-12-26-29-27(17-24(18-34-29)30-20(2)35-36-37(30)3)38(32(26)28(25)33)31(22-7-5-4-6-8-22)23-13-15-39-16-14-23;/h4-8,11-12,17-18,21,23,31H,9-10,13-16H2,1-3H3;/q-1;/t31-;/m1./s1. The van der Waals surface area contributed by atoms with Crippen LogP contribution in [0.25, 0.3) is 33.2 Å². The molecule has 1 aliphatic carbocycles. The molecule has 3 aromatic heterocycles. The number of hydrogen-bond donors (Lipinski definition) is 0. The minimum atomic E-state index is -0.136. The number of aryl methyl sites for hydroxylation is 2. The zero-order valence-electron chi connectivity index (χ0n) is 23.2. The second-order valence-corrected chi connectivity index (χ2v) is 11.2. The van der Waals surface area contributed by atoms with Crippen molar-refractivity contribution in [1.29, 1.82) is 0 Å². The van der Waals surface area contributed by atoms with Gasteiger partial charge >= 0.3 is 0 Å². The zero-order valence-corrected chi connectivity index (χ0v) is 27.3. The van der Waals surface area contributed by atoms with E-state index in [1.165, 1.54) is 5.56 Å². The van der Waals surface area contributed by atoms with Gasteiger partial charge in [0.1, 0.15) is 0 Å². The molecule has 2 aliphatic rings. The predicted molar refractivity (Wildman–Crippen MR) is 151 cm³/mol. The van der Waals surface area contributed by atoms with Crippen LogP contribution in [-0.4, -0.2) is 37.8 Å². The van der Waals surface area contributed by atoms with Crippen LogP contribution in [0.1, 0.15) is 55.5 Å². The fraction of sp³-hybridized carbons (Fsp3) is 0.375. The van der Waals surface area contributed by atoms with E-state index < -0.39 is 0 Å². The summed E-state index contributed by atoms with van der Waals surface area (Å²) in [5.74, 6) is 1.81. The number of aromatic nitrogens is 5. The minimum Gasteiger partial charge on any atom is -0.381 e. The van der Waals surface area contributed by atoms with Crippen LogP contribution in [0, 0.1) is 70.4 Å². The maximum atomic E-state index is 16.8. The number of ether oxygens (including phenoxy) is 1. The summed E-state index contributed by atoms with van der Waals surface area (Å²) in [7, 11) is 1.90. The first-order valence-electron chi connectivity index (χ1n) is 14.0. The molecule has 1 saturated carbocycles. The summed E-state index contributed by atoms with van der Waals surface area (Å²) in [6.07, 6.45) is 6.01. The maximum Gasteiger partial charge on any atom is 0.0939 e. The Hall–Kier alpha value is -2.39. The van der Waals surface area contributed by atoms with Gasteiger partial charge in [-0.05, 0) is 37.3 Å². The van der Waals surface area contributed by atoms with Crippen molar-refractivity contribution in [3.63, 3.8) is 0 Å². The van der Waals surface area contributed by atoms with Crippen molar-refractivity contribution in [1.82, 2.24) is 24.5 Å².